The zero-order valence-electron chi connectivity index (χ0n) is 22.4. The summed E-state index contributed by atoms with van der Waals surface area (Å²) in [6.07, 6.45) is -7.82. The molecule has 0 fully saturated rings. The minimum absolute atomic E-state index is 0.00242. The van der Waals surface area contributed by atoms with Gasteiger partial charge in [0.15, 0.2) is 39.5 Å². The molecule has 15 heteroatoms. The van der Waals surface area contributed by atoms with Crippen molar-refractivity contribution in [1.29, 1.82) is 0 Å². The standard InChI is InChI=1S/C29H20F5N3O6S/c1-15-35-24(28(30,31)32)14-37(15)21-7-5-17(16-3-2-4-19(11-16)44(39)40)12-20(21)26-27(41-25(36-26)9-10-38)18-6-8-22-23(13-18)43-29(33,34)42-22/h2-8,11-14,38,44H,9-10H2,1H3. The summed E-state index contributed by atoms with van der Waals surface area (Å²) >= 11 is 0. The maximum Gasteiger partial charge on any atom is 0.586 e. The highest BCUT2D eigenvalue weighted by Crippen LogP contribution is 2.45. The number of halogens is 5. The number of oxazole rings is 1. The summed E-state index contributed by atoms with van der Waals surface area (Å²) in [5.74, 6) is -0.401. The van der Waals surface area contributed by atoms with Gasteiger partial charge >= 0.3 is 12.5 Å². The SMILES string of the molecule is Cc1nc(C(F)(F)F)cn1-c1ccc(-c2cccc([SH](=O)=O)c2)cc1-c1nc(CCO)oc1-c1ccc2c(c1)OC(F)(F)O2. The molecule has 0 amide bonds. The van der Waals surface area contributed by atoms with Crippen LogP contribution in [0.3, 0.4) is 0 Å². The Balaban J connectivity index is 1.59. The second kappa shape index (κ2) is 10.7. The number of ether oxygens (including phenoxy) is 2. The molecule has 1 N–H and O–H groups in total. The number of aryl methyl sites for hydroxylation is 1. The number of alkyl halides is 5. The number of aromatic nitrogens is 3. The lowest BCUT2D eigenvalue weighted by Crippen LogP contribution is -2.25. The van der Waals surface area contributed by atoms with E-state index in [0.29, 0.717) is 11.1 Å². The smallest absolute Gasteiger partial charge is 0.440 e. The molecule has 0 saturated heterocycles. The molecule has 0 bridgehead atoms. The molecule has 6 rings (SSSR count). The maximum atomic E-state index is 13.7. The number of benzene rings is 3. The molecule has 0 aliphatic carbocycles. The van der Waals surface area contributed by atoms with E-state index >= 15 is 0 Å². The zero-order valence-corrected chi connectivity index (χ0v) is 23.3. The van der Waals surface area contributed by atoms with Crippen molar-refractivity contribution in [3.05, 3.63) is 84.3 Å². The van der Waals surface area contributed by atoms with Gasteiger partial charge in [0.25, 0.3) is 0 Å². The number of thiol groups is 1. The molecule has 3 aromatic carbocycles. The van der Waals surface area contributed by atoms with Gasteiger partial charge in [0, 0.05) is 23.7 Å². The molecule has 0 radical (unpaired) electrons. The van der Waals surface area contributed by atoms with Crippen LogP contribution in [0.15, 0.2) is 76.2 Å². The second-order valence-corrected chi connectivity index (χ2v) is 10.7. The fourth-order valence-electron chi connectivity index (χ4n) is 4.80. The van der Waals surface area contributed by atoms with E-state index in [0.717, 1.165) is 6.20 Å². The number of rotatable bonds is 7. The summed E-state index contributed by atoms with van der Waals surface area (Å²) < 4.78 is 108. The fraction of sp³-hybridized carbons (Fsp3) is 0.172. The first kappa shape index (κ1) is 29.3. The van der Waals surface area contributed by atoms with Gasteiger partial charge in [-0.15, -0.1) is 8.78 Å². The molecular weight excluding hydrogens is 613 g/mol. The van der Waals surface area contributed by atoms with Crippen molar-refractivity contribution in [2.45, 2.75) is 30.7 Å². The third-order valence-corrected chi connectivity index (χ3v) is 7.43. The van der Waals surface area contributed by atoms with E-state index in [-0.39, 0.29) is 69.4 Å². The molecule has 0 saturated carbocycles. The van der Waals surface area contributed by atoms with Crippen molar-refractivity contribution in [2.75, 3.05) is 6.61 Å². The van der Waals surface area contributed by atoms with Crippen LogP contribution in [0.4, 0.5) is 22.0 Å². The molecule has 0 atom stereocenters. The molecule has 3 heterocycles. The molecule has 1 aliphatic rings. The number of hydrogen-bond donors (Lipinski definition) is 2. The van der Waals surface area contributed by atoms with Crippen molar-refractivity contribution in [3.8, 4) is 50.9 Å². The van der Waals surface area contributed by atoms with Crippen molar-refractivity contribution in [2.24, 2.45) is 0 Å². The number of aliphatic hydroxyl groups excluding tert-OH is 1. The number of fused-ring (bicyclic) bond motifs is 1. The average molecular weight is 634 g/mol. The predicted octanol–water partition coefficient (Wildman–Crippen LogP) is 6.02. The van der Waals surface area contributed by atoms with Crippen molar-refractivity contribution in [1.82, 2.24) is 14.5 Å². The van der Waals surface area contributed by atoms with Crippen LogP contribution in [0.2, 0.25) is 0 Å². The van der Waals surface area contributed by atoms with Crippen LogP contribution in [-0.4, -0.2) is 41.0 Å². The van der Waals surface area contributed by atoms with Crippen LogP contribution in [0.25, 0.3) is 39.4 Å². The Labute approximate surface area is 247 Å². The van der Waals surface area contributed by atoms with Crippen LogP contribution in [-0.2, 0) is 23.3 Å². The van der Waals surface area contributed by atoms with Gasteiger partial charge in [-0.25, -0.2) is 18.4 Å². The van der Waals surface area contributed by atoms with Crippen LogP contribution in [0, 0.1) is 6.92 Å². The van der Waals surface area contributed by atoms with Gasteiger partial charge in [0.2, 0.25) is 0 Å². The number of imidazole rings is 1. The first-order valence-corrected chi connectivity index (χ1v) is 14.0. The molecule has 2 aromatic heterocycles. The monoisotopic (exact) mass is 633 g/mol. The third-order valence-electron chi connectivity index (χ3n) is 6.73. The number of nitrogens with zero attached hydrogens (tertiary/aromatic N) is 3. The molecular formula is C29H20F5N3O6S. The van der Waals surface area contributed by atoms with Crippen LogP contribution >= 0.6 is 0 Å². The minimum atomic E-state index is -4.73. The third kappa shape index (κ3) is 5.51. The second-order valence-electron chi connectivity index (χ2n) is 9.67. The van der Waals surface area contributed by atoms with E-state index in [9.17, 15) is 35.5 Å². The normalized spacial score (nSPS) is 14.0. The topological polar surface area (TPSA) is 117 Å². The Bertz CT molecular complexity index is 1970. The molecule has 44 heavy (non-hydrogen) atoms. The summed E-state index contributed by atoms with van der Waals surface area (Å²) in [4.78, 5) is 8.24. The highest BCUT2D eigenvalue weighted by molar-refractivity contribution is 7.72. The lowest BCUT2D eigenvalue weighted by Gasteiger charge is -2.14. The van der Waals surface area contributed by atoms with Crippen LogP contribution < -0.4 is 9.47 Å². The first-order valence-electron chi connectivity index (χ1n) is 12.9. The molecule has 0 unspecified atom stereocenters. The van der Waals surface area contributed by atoms with E-state index < -0.39 is 28.9 Å². The lowest BCUT2D eigenvalue weighted by molar-refractivity contribution is -0.286. The Morgan fingerprint density at radius 1 is 0.932 bits per heavy atom. The van der Waals surface area contributed by atoms with Gasteiger partial charge in [-0.05, 0) is 60.5 Å². The van der Waals surface area contributed by atoms with E-state index in [1.54, 1.807) is 24.3 Å². The lowest BCUT2D eigenvalue weighted by atomic mass is 9.98. The Morgan fingerprint density at radius 2 is 1.66 bits per heavy atom. The van der Waals surface area contributed by atoms with Gasteiger partial charge in [-0.3, -0.25) is 0 Å². The van der Waals surface area contributed by atoms with Gasteiger partial charge in [-0.1, -0.05) is 18.2 Å². The summed E-state index contributed by atoms with van der Waals surface area (Å²) in [6.45, 7) is 1.04. The average Bonchev–Trinajstić information content (AvgIpc) is 3.66. The molecule has 9 nitrogen and oxygen atoms in total. The van der Waals surface area contributed by atoms with Crippen molar-refractivity contribution < 1.29 is 49.4 Å². The van der Waals surface area contributed by atoms with E-state index in [1.807, 2.05) is 0 Å². The fourth-order valence-corrected chi connectivity index (χ4v) is 5.26. The van der Waals surface area contributed by atoms with E-state index in [1.165, 1.54) is 47.9 Å². The van der Waals surface area contributed by atoms with E-state index in [2.05, 4.69) is 19.4 Å². The van der Waals surface area contributed by atoms with Crippen LogP contribution in [0.1, 0.15) is 17.4 Å². The first-order chi connectivity index (χ1) is 20.8. The van der Waals surface area contributed by atoms with E-state index in [4.69, 9.17) is 4.42 Å². The maximum absolute atomic E-state index is 13.7. The molecule has 0 spiro atoms. The summed E-state index contributed by atoms with van der Waals surface area (Å²) in [5, 5.41) is 9.57. The van der Waals surface area contributed by atoms with Gasteiger partial charge in [0.05, 0.1) is 17.2 Å². The summed E-state index contributed by atoms with van der Waals surface area (Å²) in [6, 6.07) is 14.7. The highest BCUT2D eigenvalue weighted by Gasteiger charge is 2.43. The molecule has 1 aliphatic heterocycles. The van der Waals surface area contributed by atoms with Gasteiger partial charge < -0.3 is 23.6 Å². The molecule has 5 aromatic rings. The van der Waals surface area contributed by atoms with Gasteiger partial charge in [-0.2, -0.15) is 13.2 Å². The van der Waals surface area contributed by atoms with Crippen LogP contribution in [0.5, 0.6) is 11.5 Å². The number of hydrogen-bond acceptors (Lipinski definition) is 8. The largest absolute Gasteiger partial charge is 0.586 e. The quantitative estimate of drug-likeness (QED) is 0.165. The molecule has 228 valence electrons. The Morgan fingerprint density at radius 3 is 2.36 bits per heavy atom. The highest BCUT2D eigenvalue weighted by atomic mass is 32.2. The summed E-state index contributed by atoms with van der Waals surface area (Å²) in [5.41, 5.74) is 0.603. The van der Waals surface area contributed by atoms with Crippen molar-refractivity contribution >= 4 is 10.7 Å². The zero-order chi connectivity index (χ0) is 31.4. The predicted molar refractivity (Wildman–Crippen MR) is 145 cm³/mol. The van der Waals surface area contributed by atoms with Crippen molar-refractivity contribution in [3.63, 3.8) is 0 Å². The summed E-state index contributed by atoms with van der Waals surface area (Å²) in [7, 11) is -2.90. The van der Waals surface area contributed by atoms with Gasteiger partial charge in [0.1, 0.15) is 11.5 Å². The minimum Gasteiger partial charge on any atom is -0.440 e. The Kier molecular flexibility index (Phi) is 7.16. The Hall–Kier alpha value is -4.76. The number of aliphatic hydroxyl groups is 1.